The maximum Gasteiger partial charge on any atom is 0.322 e. The van der Waals surface area contributed by atoms with Gasteiger partial charge in [-0.25, -0.2) is 0 Å². The minimum Gasteiger partial charge on any atom is -0.494 e. The largest absolute Gasteiger partial charge is 0.494 e. The van der Waals surface area contributed by atoms with E-state index >= 15 is 0 Å². The van der Waals surface area contributed by atoms with Crippen LogP contribution in [0.2, 0.25) is 0 Å². The van der Waals surface area contributed by atoms with Gasteiger partial charge in [0.2, 0.25) is 0 Å². The van der Waals surface area contributed by atoms with Crippen molar-refractivity contribution in [1.29, 1.82) is 0 Å². The molecule has 2 aromatic carbocycles. The van der Waals surface area contributed by atoms with E-state index in [0.717, 1.165) is 22.1 Å². The number of rotatable bonds is 5. The average molecular weight is 273 g/mol. The molecule has 2 aromatic rings. The van der Waals surface area contributed by atoms with Gasteiger partial charge in [0.15, 0.2) is 0 Å². The van der Waals surface area contributed by atoms with Gasteiger partial charge in [-0.15, -0.1) is 0 Å². The molecule has 4 nitrogen and oxygen atoms in total. The molecule has 0 bridgehead atoms. The topological polar surface area (TPSA) is 61.5 Å². The van der Waals surface area contributed by atoms with E-state index in [0.29, 0.717) is 13.0 Å². The number of carbonyl (C=O) groups is 1. The first-order valence-electron chi connectivity index (χ1n) is 6.64. The first kappa shape index (κ1) is 14.3. The minimum absolute atomic E-state index is 0.392. The molecule has 2 N–H and O–H groups in total. The number of hydrogen-bond acceptors (Lipinski definition) is 4. The average Bonchev–Trinajstić information content (AvgIpc) is 2.48. The van der Waals surface area contributed by atoms with Crippen LogP contribution in [0.5, 0.6) is 5.75 Å². The van der Waals surface area contributed by atoms with Crippen LogP contribution in [0.1, 0.15) is 12.5 Å². The maximum atomic E-state index is 11.5. The zero-order valence-electron chi connectivity index (χ0n) is 11.8. The van der Waals surface area contributed by atoms with E-state index in [1.165, 1.54) is 7.11 Å². The molecule has 0 aromatic heterocycles. The van der Waals surface area contributed by atoms with Crippen LogP contribution in [0.4, 0.5) is 0 Å². The number of esters is 1. The molecule has 0 heterocycles. The van der Waals surface area contributed by atoms with Crippen molar-refractivity contribution in [2.24, 2.45) is 5.73 Å². The third kappa shape index (κ3) is 2.91. The fourth-order valence-corrected chi connectivity index (χ4v) is 2.27. The van der Waals surface area contributed by atoms with Crippen molar-refractivity contribution in [2.75, 3.05) is 13.7 Å². The second-order valence-electron chi connectivity index (χ2n) is 4.53. The van der Waals surface area contributed by atoms with E-state index in [4.69, 9.17) is 15.2 Å². The number of hydrogen-bond donors (Lipinski definition) is 1. The SMILES string of the molecule is CCOc1ccc2ccccc2c1CC(N)C(=O)OC. The van der Waals surface area contributed by atoms with Crippen molar-refractivity contribution >= 4 is 16.7 Å². The first-order valence-corrected chi connectivity index (χ1v) is 6.64. The van der Waals surface area contributed by atoms with Crippen LogP contribution in [0.15, 0.2) is 36.4 Å². The number of ether oxygens (including phenoxy) is 2. The summed E-state index contributed by atoms with van der Waals surface area (Å²) in [5, 5.41) is 2.15. The molecule has 0 aliphatic rings. The summed E-state index contributed by atoms with van der Waals surface area (Å²) in [5.41, 5.74) is 6.83. The van der Waals surface area contributed by atoms with Crippen LogP contribution >= 0.6 is 0 Å². The lowest BCUT2D eigenvalue weighted by Gasteiger charge is -2.16. The van der Waals surface area contributed by atoms with Crippen molar-refractivity contribution in [3.63, 3.8) is 0 Å². The Bertz CT molecular complexity index is 610. The van der Waals surface area contributed by atoms with Gasteiger partial charge < -0.3 is 15.2 Å². The third-order valence-corrected chi connectivity index (χ3v) is 3.23. The van der Waals surface area contributed by atoms with Gasteiger partial charge in [-0.05, 0) is 23.8 Å². The van der Waals surface area contributed by atoms with Crippen LogP contribution in [-0.4, -0.2) is 25.7 Å². The number of benzene rings is 2. The lowest BCUT2D eigenvalue weighted by Crippen LogP contribution is -2.33. The molecule has 1 atom stereocenters. The monoisotopic (exact) mass is 273 g/mol. The molecule has 0 saturated carbocycles. The van der Waals surface area contributed by atoms with Gasteiger partial charge in [0, 0.05) is 12.0 Å². The summed E-state index contributed by atoms with van der Waals surface area (Å²) in [6.07, 6.45) is 0.392. The molecule has 0 amide bonds. The molecule has 1 unspecified atom stereocenters. The summed E-state index contributed by atoms with van der Waals surface area (Å²) in [5.74, 6) is 0.353. The predicted molar refractivity (Wildman–Crippen MR) is 78.8 cm³/mol. The van der Waals surface area contributed by atoms with Gasteiger partial charge in [0.1, 0.15) is 11.8 Å². The maximum absolute atomic E-state index is 11.5. The number of nitrogens with two attached hydrogens (primary N) is 1. The zero-order valence-corrected chi connectivity index (χ0v) is 11.8. The lowest BCUT2D eigenvalue weighted by molar-refractivity contribution is -0.142. The summed E-state index contributed by atoms with van der Waals surface area (Å²) in [4.78, 5) is 11.5. The number of carbonyl (C=O) groups excluding carboxylic acids is 1. The minimum atomic E-state index is -0.690. The summed E-state index contributed by atoms with van der Waals surface area (Å²) >= 11 is 0. The molecule has 20 heavy (non-hydrogen) atoms. The highest BCUT2D eigenvalue weighted by Crippen LogP contribution is 2.29. The normalized spacial score (nSPS) is 12.2. The van der Waals surface area contributed by atoms with Crippen LogP contribution in [-0.2, 0) is 16.0 Å². The molecule has 0 saturated heterocycles. The van der Waals surface area contributed by atoms with Crippen LogP contribution < -0.4 is 10.5 Å². The summed E-state index contributed by atoms with van der Waals surface area (Å²) in [6, 6.07) is 11.2. The summed E-state index contributed by atoms with van der Waals surface area (Å²) in [7, 11) is 1.34. The fraction of sp³-hybridized carbons (Fsp3) is 0.312. The second-order valence-corrected chi connectivity index (χ2v) is 4.53. The van der Waals surface area contributed by atoms with Crippen molar-refractivity contribution in [3.05, 3.63) is 42.0 Å². The van der Waals surface area contributed by atoms with Crippen LogP contribution in [0.25, 0.3) is 10.8 Å². The van der Waals surface area contributed by atoms with Gasteiger partial charge in [-0.1, -0.05) is 30.3 Å². The highest BCUT2D eigenvalue weighted by Gasteiger charge is 2.18. The van der Waals surface area contributed by atoms with Gasteiger partial charge in [-0.3, -0.25) is 4.79 Å². The highest BCUT2D eigenvalue weighted by atomic mass is 16.5. The number of methoxy groups -OCH3 is 1. The van der Waals surface area contributed by atoms with Crippen LogP contribution in [0, 0.1) is 0 Å². The molecular formula is C16H19NO3. The van der Waals surface area contributed by atoms with Crippen LogP contribution in [0.3, 0.4) is 0 Å². The highest BCUT2D eigenvalue weighted by molar-refractivity contribution is 5.88. The van der Waals surface area contributed by atoms with Gasteiger partial charge in [-0.2, -0.15) is 0 Å². The first-order chi connectivity index (χ1) is 9.67. The Morgan fingerprint density at radius 1 is 1.25 bits per heavy atom. The fourth-order valence-electron chi connectivity index (χ4n) is 2.27. The second kappa shape index (κ2) is 6.39. The molecule has 0 radical (unpaired) electrons. The smallest absolute Gasteiger partial charge is 0.322 e. The van der Waals surface area contributed by atoms with Crippen molar-refractivity contribution < 1.29 is 14.3 Å². The van der Waals surface area contributed by atoms with E-state index in [2.05, 4.69) is 0 Å². The van der Waals surface area contributed by atoms with Gasteiger partial charge in [0.05, 0.1) is 13.7 Å². The molecule has 2 rings (SSSR count). The summed E-state index contributed by atoms with van der Waals surface area (Å²) in [6.45, 7) is 2.50. The standard InChI is InChI=1S/C16H19NO3/c1-3-20-15-9-8-11-6-4-5-7-12(11)13(15)10-14(17)16(18)19-2/h4-9,14H,3,10,17H2,1-2H3. The number of fused-ring (bicyclic) bond motifs is 1. The third-order valence-electron chi connectivity index (χ3n) is 3.23. The van der Waals surface area contributed by atoms with E-state index in [-0.39, 0.29) is 0 Å². The Morgan fingerprint density at radius 3 is 2.70 bits per heavy atom. The van der Waals surface area contributed by atoms with Crippen molar-refractivity contribution in [3.8, 4) is 5.75 Å². The lowest BCUT2D eigenvalue weighted by atomic mass is 9.98. The Kier molecular flexibility index (Phi) is 4.58. The summed E-state index contributed by atoms with van der Waals surface area (Å²) < 4.78 is 10.3. The Morgan fingerprint density at radius 2 is 2.00 bits per heavy atom. The molecule has 0 aliphatic carbocycles. The van der Waals surface area contributed by atoms with E-state index in [1.807, 2.05) is 43.3 Å². The van der Waals surface area contributed by atoms with E-state index < -0.39 is 12.0 Å². The predicted octanol–water partition coefficient (Wildman–Crippen LogP) is 2.28. The Balaban J connectivity index is 2.46. The Hall–Kier alpha value is -2.07. The van der Waals surface area contributed by atoms with Crippen molar-refractivity contribution in [1.82, 2.24) is 0 Å². The van der Waals surface area contributed by atoms with E-state index in [1.54, 1.807) is 0 Å². The van der Waals surface area contributed by atoms with Gasteiger partial charge in [0.25, 0.3) is 0 Å². The molecule has 0 spiro atoms. The Labute approximate surface area is 118 Å². The van der Waals surface area contributed by atoms with Gasteiger partial charge >= 0.3 is 5.97 Å². The van der Waals surface area contributed by atoms with Crippen molar-refractivity contribution in [2.45, 2.75) is 19.4 Å². The molecular weight excluding hydrogens is 254 g/mol. The molecule has 4 heteroatoms. The molecule has 0 aliphatic heterocycles. The van der Waals surface area contributed by atoms with E-state index in [9.17, 15) is 4.79 Å². The molecule has 106 valence electrons. The molecule has 0 fully saturated rings. The quantitative estimate of drug-likeness (QED) is 0.849. The zero-order chi connectivity index (χ0) is 14.5.